The number of hydrogen-bond acceptors (Lipinski definition) is 7. The van der Waals surface area contributed by atoms with Gasteiger partial charge in [0.1, 0.15) is 0 Å². The molecule has 13 heteroatoms. The maximum Gasteiger partial charge on any atom is 0.243 e. The van der Waals surface area contributed by atoms with E-state index in [1.165, 1.54) is 28.6 Å². The Kier molecular flexibility index (Phi) is 10.8. The second kappa shape index (κ2) is 12.1. The number of benzene rings is 1. The first-order chi connectivity index (χ1) is 14.1. The number of aliphatic hydroxyl groups is 1. The van der Waals surface area contributed by atoms with Gasteiger partial charge in [0.25, 0.3) is 0 Å². The van der Waals surface area contributed by atoms with Crippen LogP contribution in [0.1, 0.15) is 5.69 Å². The molecule has 1 aliphatic rings. The highest BCUT2D eigenvalue weighted by Gasteiger charge is 2.30. The Hall–Kier alpha value is -1.47. The molecule has 0 bridgehead atoms. The summed E-state index contributed by atoms with van der Waals surface area (Å²) in [4.78, 5) is 6.38. The van der Waals surface area contributed by atoms with Crippen molar-refractivity contribution in [2.75, 3.05) is 43.7 Å². The van der Waals surface area contributed by atoms with E-state index in [-0.39, 0.29) is 48.5 Å². The predicted octanol–water partition coefficient (Wildman–Crippen LogP) is 1.21. The summed E-state index contributed by atoms with van der Waals surface area (Å²) in [6.07, 6.45) is 2.67. The normalized spacial score (nSPS) is 18.1. The van der Waals surface area contributed by atoms with Gasteiger partial charge in [-0.1, -0.05) is 6.07 Å². The van der Waals surface area contributed by atoms with E-state index in [0.29, 0.717) is 19.6 Å². The maximum atomic E-state index is 13.0. The highest BCUT2D eigenvalue weighted by atomic mass is 35.5. The Bertz CT molecular complexity index is 1050. The minimum Gasteiger partial charge on any atom is -0.390 e. The minimum absolute atomic E-state index is 0. The highest BCUT2D eigenvalue weighted by Crippen LogP contribution is 2.20. The number of β-amino-alcohol motifs (C(OH)–C–C–N with tert-alkyl or cyclic N) is 1. The third-order valence-electron chi connectivity index (χ3n) is 4.75. The average Bonchev–Trinajstić information content (AvgIpc) is 2.88. The zero-order valence-corrected chi connectivity index (χ0v) is 20.8. The molecule has 0 radical (unpaired) electrons. The van der Waals surface area contributed by atoms with E-state index in [0.717, 1.165) is 18.4 Å². The van der Waals surface area contributed by atoms with E-state index in [4.69, 9.17) is 0 Å². The van der Waals surface area contributed by atoms with Crippen LogP contribution in [0.3, 0.4) is 0 Å². The molecule has 0 amide bonds. The first kappa shape index (κ1) is 28.6. The summed E-state index contributed by atoms with van der Waals surface area (Å²) in [5.74, 6) is 0. The molecule has 1 saturated heterocycles. The van der Waals surface area contributed by atoms with E-state index in [1.807, 2.05) is 23.1 Å². The van der Waals surface area contributed by atoms with Gasteiger partial charge in [-0.3, -0.25) is 14.6 Å². The van der Waals surface area contributed by atoms with Crippen LogP contribution in [0.2, 0.25) is 0 Å². The molecule has 1 aliphatic heterocycles. The predicted molar refractivity (Wildman–Crippen MR) is 129 cm³/mol. The molecule has 1 atom stereocenters. The van der Waals surface area contributed by atoms with Crippen molar-refractivity contribution in [3.63, 3.8) is 0 Å². The lowest BCUT2D eigenvalue weighted by Gasteiger charge is -2.21. The highest BCUT2D eigenvalue weighted by molar-refractivity contribution is 7.92. The SMILES string of the molecule is CS(=O)(=O)Nc1ccc(S(=O)(=O)N2CCN(CCc3ccccn3)CC(O)C2)cc1.Cl.Cl. The largest absolute Gasteiger partial charge is 0.390 e. The van der Waals surface area contributed by atoms with Gasteiger partial charge in [-0.05, 0) is 36.4 Å². The molecule has 0 spiro atoms. The van der Waals surface area contributed by atoms with Crippen LogP contribution in [0.25, 0.3) is 0 Å². The van der Waals surface area contributed by atoms with Gasteiger partial charge < -0.3 is 5.11 Å². The number of anilines is 1. The summed E-state index contributed by atoms with van der Waals surface area (Å²) in [7, 11) is -7.25. The van der Waals surface area contributed by atoms with Crippen LogP contribution >= 0.6 is 24.8 Å². The van der Waals surface area contributed by atoms with Crippen molar-refractivity contribution in [2.24, 2.45) is 0 Å². The van der Waals surface area contributed by atoms with Crippen molar-refractivity contribution in [3.8, 4) is 0 Å². The van der Waals surface area contributed by atoms with Crippen molar-refractivity contribution in [3.05, 3.63) is 54.4 Å². The van der Waals surface area contributed by atoms with Crippen molar-refractivity contribution in [1.82, 2.24) is 14.2 Å². The fourth-order valence-electron chi connectivity index (χ4n) is 3.32. The number of aliphatic hydroxyl groups excluding tert-OH is 1. The smallest absolute Gasteiger partial charge is 0.243 e. The average molecular weight is 527 g/mol. The van der Waals surface area contributed by atoms with Gasteiger partial charge in [0, 0.05) is 56.7 Å². The Morgan fingerprint density at radius 2 is 1.72 bits per heavy atom. The number of rotatable bonds is 7. The molecule has 2 N–H and O–H groups in total. The number of pyridine rings is 1. The molecule has 1 unspecified atom stereocenters. The van der Waals surface area contributed by atoms with E-state index < -0.39 is 26.2 Å². The van der Waals surface area contributed by atoms with Crippen LogP contribution in [0.15, 0.2) is 53.6 Å². The standard InChI is InChI=1S/C19H26N4O5S2.2ClH/c1-29(25,26)21-17-5-7-19(8-6-17)30(27,28)23-13-12-22(14-18(24)15-23)11-9-16-4-2-3-10-20-16;;/h2-8,10,18,21,24H,9,11-15H2,1H3;2*1H. The third kappa shape index (κ3) is 8.14. The summed E-state index contributed by atoms with van der Waals surface area (Å²) < 4.78 is 52.2. The quantitative estimate of drug-likeness (QED) is 0.556. The molecule has 2 aromatic rings. The Balaban J connectivity index is 0.00000256. The van der Waals surface area contributed by atoms with Crippen LogP contribution < -0.4 is 4.72 Å². The zero-order chi connectivity index (χ0) is 21.8. The molecule has 9 nitrogen and oxygen atoms in total. The molecule has 1 aromatic carbocycles. The lowest BCUT2D eigenvalue weighted by molar-refractivity contribution is 0.123. The molecular weight excluding hydrogens is 499 g/mol. The van der Waals surface area contributed by atoms with Crippen LogP contribution in [-0.2, 0) is 26.5 Å². The molecule has 1 fully saturated rings. The number of sulfonamides is 2. The molecule has 0 saturated carbocycles. The zero-order valence-electron chi connectivity index (χ0n) is 17.5. The molecule has 32 heavy (non-hydrogen) atoms. The van der Waals surface area contributed by atoms with Crippen LogP contribution in [0, 0.1) is 0 Å². The molecule has 3 rings (SSSR count). The van der Waals surface area contributed by atoms with Crippen molar-refractivity contribution >= 4 is 50.5 Å². The number of nitrogens with zero attached hydrogens (tertiary/aromatic N) is 3. The van der Waals surface area contributed by atoms with Crippen molar-refractivity contribution < 1.29 is 21.9 Å². The van der Waals surface area contributed by atoms with Gasteiger partial charge in [0.2, 0.25) is 20.0 Å². The number of hydrogen-bond donors (Lipinski definition) is 2. The monoisotopic (exact) mass is 526 g/mol. The van der Waals surface area contributed by atoms with Crippen molar-refractivity contribution in [2.45, 2.75) is 17.4 Å². The summed E-state index contributed by atoms with van der Waals surface area (Å²) in [6, 6.07) is 11.2. The Morgan fingerprint density at radius 3 is 2.31 bits per heavy atom. The Morgan fingerprint density at radius 1 is 1.03 bits per heavy atom. The van der Waals surface area contributed by atoms with Gasteiger partial charge >= 0.3 is 0 Å². The molecule has 180 valence electrons. The summed E-state index contributed by atoms with van der Waals surface area (Å²) in [5.41, 5.74) is 1.23. The number of nitrogens with one attached hydrogen (secondary N) is 1. The van der Waals surface area contributed by atoms with E-state index in [9.17, 15) is 21.9 Å². The summed E-state index contributed by atoms with van der Waals surface area (Å²) in [5, 5.41) is 10.4. The van der Waals surface area contributed by atoms with E-state index in [1.54, 1.807) is 6.20 Å². The van der Waals surface area contributed by atoms with Gasteiger partial charge in [-0.2, -0.15) is 4.31 Å². The lowest BCUT2D eigenvalue weighted by Crippen LogP contribution is -2.37. The van der Waals surface area contributed by atoms with E-state index >= 15 is 0 Å². The first-order valence-corrected chi connectivity index (χ1v) is 12.8. The number of halogens is 2. The maximum absolute atomic E-state index is 13.0. The third-order valence-corrected chi connectivity index (χ3v) is 7.24. The second-order valence-corrected chi connectivity index (χ2v) is 11.0. The topological polar surface area (TPSA) is 120 Å². The summed E-state index contributed by atoms with van der Waals surface area (Å²) >= 11 is 0. The minimum atomic E-state index is -3.81. The van der Waals surface area contributed by atoms with Gasteiger partial charge in [-0.15, -0.1) is 24.8 Å². The van der Waals surface area contributed by atoms with Crippen LogP contribution in [0.5, 0.6) is 0 Å². The second-order valence-electron chi connectivity index (χ2n) is 7.29. The molecule has 2 heterocycles. The van der Waals surface area contributed by atoms with Crippen molar-refractivity contribution in [1.29, 1.82) is 0 Å². The number of aromatic nitrogens is 1. The molecule has 1 aromatic heterocycles. The first-order valence-electron chi connectivity index (χ1n) is 9.52. The van der Waals surface area contributed by atoms with Crippen LogP contribution in [0.4, 0.5) is 5.69 Å². The van der Waals surface area contributed by atoms with Gasteiger partial charge in [0.05, 0.1) is 17.3 Å². The molecule has 0 aliphatic carbocycles. The fraction of sp³-hybridized carbons (Fsp3) is 0.421. The summed E-state index contributed by atoms with van der Waals surface area (Å²) in [6.45, 7) is 1.82. The van der Waals surface area contributed by atoms with E-state index in [2.05, 4.69) is 9.71 Å². The Labute approximate surface area is 201 Å². The van der Waals surface area contributed by atoms with Crippen LogP contribution in [-0.4, -0.2) is 81.2 Å². The van der Waals surface area contributed by atoms with Gasteiger partial charge in [0.15, 0.2) is 0 Å². The fourth-order valence-corrected chi connectivity index (χ4v) is 5.36. The molecular formula is C19H28Cl2N4O5S2. The lowest BCUT2D eigenvalue weighted by atomic mass is 10.2. The van der Waals surface area contributed by atoms with Gasteiger partial charge in [-0.25, -0.2) is 16.8 Å².